The van der Waals surface area contributed by atoms with Gasteiger partial charge < -0.3 is 15.1 Å². The van der Waals surface area contributed by atoms with Crippen molar-refractivity contribution in [3.05, 3.63) is 12.4 Å². The maximum atomic E-state index is 4.43. The summed E-state index contributed by atoms with van der Waals surface area (Å²) < 4.78 is 0. The lowest BCUT2D eigenvalue weighted by molar-refractivity contribution is 0.351. The highest BCUT2D eigenvalue weighted by Gasteiger charge is 2.26. The van der Waals surface area contributed by atoms with Crippen molar-refractivity contribution in [3.8, 4) is 0 Å². The van der Waals surface area contributed by atoms with E-state index in [9.17, 15) is 0 Å². The van der Waals surface area contributed by atoms with E-state index in [-0.39, 0.29) is 5.54 Å². The van der Waals surface area contributed by atoms with Gasteiger partial charge in [-0.2, -0.15) is 0 Å². The van der Waals surface area contributed by atoms with Crippen LogP contribution in [0, 0.1) is 0 Å². The number of hydrogen-bond acceptors (Lipinski definition) is 5. The van der Waals surface area contributed by atoms with E-state index in [0.29, 0.717) is 6.04 Å². The standard InChI is InChI=1S/C14H25N5/c1-11(2)18(5)12-8-13(16-10-15-12)19-7-6-17-14(3,4)9-19/h8,10-11,17H,6-7,9H2,1-5H3. The SMILES string of the molecule is CC(C)N(C)c1cc(N2CCNC(C)(C)C2)ncn1. The van der Waals surface area contributed by atoms with Crippen LogP contribution in [0.15, 0.2) is 12.4 Å². The minimum atomic E-state index is 0.132. The zero-order valence-corrected chi connectivity index (χ0v) is 12.6. The molecule has 0 amide bonds. The minimum absolute atomic E-state index is 0.132. The summed E-state index contributed by atoms with van der Waals surface area (Å²) in [6.45, 7) is 11.7. The van der Waals surface area contributed by atoms with E-state index >= 15 is 0 Å². The van der Waals surface area contributed by atoms with Gasteiger partial charge >= 0.3 is 0 Å². The summed E-state index contributed by atoms with van der Waals surface area (Å²) in [6, 6.07) is 2.52. The van der Waals surface area contributed by atoms with Crippen LogP contribution in [0.4, 0.5) is 11.6 Å². The van der Waals surface area contributed by atoms with Crippen molar-refractivity contribution in [2.24, 2.45) is 0 Å². The van der Waals surface area contributed by atoms with Crippen molar-refractivity contribution in [2.75, 3.05) is 36.5 Å². The van der Waals surface area contributed by atoms with Gasteiger partial charge in [0.05, 0.1) is 0 Å². The molecular weight excluding hydrogens is 238 g/mol. The molecule has 0 atom stereocenters. The molecule has 0 saturated carbocycles. The van der Waals surface area contributed by atoms with Gasteiger partial charge in [0, 0.05) is 44.3 Å². The van der Waals surface area contributed by atoms with Crippen molar-refractivity contribution in [1.82, 2.24) is 15.3 Å². The highest BCUT2D eigenvalue weighted by molar-refractivity contribution is 5.50. The third kappa shape index (κ3) is 3.35. The fourth-order valence-electron chi connectivity index (χ4n) is 2.30. The lowest BCUT2D eigenvalue weighted by atomic mass is 10.0. The molecule has 1 fully saturated rings. The van der Waals surface area contributed by atoms with E-state index in [1.807, 2.05) is 0 Å². The third-order valence-corrected chi connectivity index (χ3v) is 3.67. The van der Waals surface area contributed by atoms with Gasteiger partial charge in [-0.25, -0.2) is 9.97 Å². The number of nitrogens with zero attached hydrogens (tertiary/aromatic N) is 4. The summed E-state index contributed by atoms with van der Waals surface area (Å²) in [6.07, 6.45) is 1.67. The van der Waals surface area contributed by atoms with Gasteiger partial charge in [0.1, 0.15) is 18.0 Å². The summed E-state index contributed by atoms with van der Waals surface area (Å²) >= 11 is 0. The molecule has 19 heavy (non-hydrogen) atoms. The van der Waals surface area contributed by atoms with E-state index in [1.165, 1.54) is 0 Å². The lowest BCUT2D eigenvalue weighted by Crippen LogP contribution is -2.57. The molecule has 0 aromatic carbocycles. The van der Waals surface area contributed by atoms with Gasteiger partial charge in [0.15, 0.2) is 0 Å². The average Bonchev–Trinajstić information content (AvgIpc) is 2.36. The summed E-state index contributed by atoms with van der Waals surface area (Å²) in [7, 11) is 2.07. The van der Waals surface area contributed by atoms with Gasteiger partial charge in [-0.05, 0) is 27.7 Å². The molecule has 0 aliphatic carbocycles. The van der Waals surface area contributed by atoms with Gasteiger partial charge in [-0.1, -0.05) is 0 Å². The van der Waals surface area contributed by atoms with Crippen LogP contribution in [0.1, 0.15) is 27.7 Å². The Labute approximate surface area is 116 Å². The molecule has 1 saturated heterocycles. The molecule has 2 rings (SSSR count). The molecular formula is C14H25N5. The Morgan fingerprint density at radius 1 is 1.37 bits per heavy atom. The molecule has 1 N–H and O–H groups in total. The van der Waals surface area contributed by atoms with Crippen molar-refractivity contribution in [1.29, 1.82) is 0 Å². The van der Waals surface area contributed by atoms with Crippen LogP contribution in [0.25, 0.3) is 0 Å². The molecule has 5 nitrogen and oxygen atoms in total. The third-order valence-electron chi connectivity index (χ3n) is 3.67. The van der Waals surface area contributed by atoms with Crippen LogP contribution in [0.5, 0.6) is 0 Å². The Hall–Kier alpha value is -1.36. The zero-order chi connectivity index (χ0) is 14.0. The van der Waals surface area contributed by atoms with Crippen molar-refractivity contribution in [2.45, 2.75) is 39.3 Å². The number of aromatic nitrogens is 2. The van der Waals surface area contributed by atoms with Crippen LogP contribution < -0.4 is 15.1 Å². The number of rotatable bonds is 3. The van der Waals surface area contributed by atoms with E-state index in [0.717, 1.165) is 31.3 Å². The topological polar surface area (TPSA) is 44.3 Å². The van der Waals surface area contributed by atoms with Crippen molar-refractivity contribution >= 4 is 11.6 Å². The second kappa shape index (κ2) is 5.33. The van der Waals surface area contributed by atoms with Crippen LogP contribution >= 0.6 is 0 Å². The molecule has 0 unspecified atom stereocenters. The first-order valence-corrected chi connectivity index (χ1v) is 6.94. The molecule has 1 aromatic heterocycles. The highest BCUT2D eigenvalue weighted by Crippen LogP contribution is 2.21. The summed E-state index contributed by atoms with van der Waals surface area (Å²) in [5, 5.41) is 3.52. The molecule has 5 heteroatoms. The largest absolute Gasteiger partial charge is 0.357 e. The van der Waals surface area contributed by atoms with Gasteiger partial charge in [-0.3, -0.25) is 0 Å². The second-order valence-electron chi connectivity index (χ2n) is 6.17. The summed E-state index contributed by atoms with van der Waals surface area (Å²) in [5.41, 5.74) is 0.132. The number of anilines is 2. The van der Waals surface area contributed by atoms with Gasteiger partial charge in [-0.15, -0.1) is 0 Å². The zero-order valence-electron chi connectivity index (χ0n) is 12.6. The van der Waals surface area contributed by atoms with Gasteiger partial charge in [0.25, 0.3) is 0 Å². The van der Waals surface area contributed by atoms with Crippen LogP contribution in [0.3, 0.4) is 0 Å². The van der Waals surface area contributed by atoms with E-state index in [1.54, 1.807) is 6.33 Å². The monoisotopic (exact) mass is 263 g/mol. The summed E-state index contributed by atoms with van der Waals surface area (Å²) in [4.78, 5) is 13.3. The highest BCUT2D eigenvalue weighted by atomic mass is 15.3. The van der Waals surface area contributed by atoms with E-state index < -0.39 is 0 Å². The first kappa shape index (κ1) is 14.1. The first-order chi connectivity index (χ1) is 8.89. The fourth-order valence-corrected chi connectivity index (χ4v) is 2.30. The molecule has 0 radical (unpaired) electrons. The molecule has 0 bridgehead atoms. The van der Waals surface area contributed by atoms with Gasteiger partial charge in [0.2, 0.25) is 0 Å². The Bertz CT molecular complexity index is 430. The van der Waals surface area contributed by atoms with Crippen LogP contribution in [0.2, 0.25) is 0 Å². The Morgan fingerprint density at radius 2 is 2.11 bits per heavy atom. The quantitative estimate of drug-likeness (QED) is 0.895. The molecule has 0 spiro atoms. The molecule has 1 aromatic rings. The lowest BCUT2D eigenvalue weighted by Gasteiger charge is -2.39. The first-order valence-electron chi connectivity index (χ1n) is 6.94. The molecule has 106 valence electrons. The van der Waals surface area contributed by atoms with E-state index in [4.69, 9.17) is 0 Å². The molecule has 1 aliphatic rings. The van der Waals surface area contributed by atoms with Crippen LogP contribution in [-0.4, -0.2) is 48.2 Å². The normalized spacial score (nSPS) is 18.7. The summed E-state index contributed by atoms with van der Waals surface area (Å²) in [5.74, 6) is 2.00. The maximum absolute atomic E-state index is 4.43. The molecule has 2 heterocycles. The molecule has 1 aliphatic heterocycles. The van der Waals surface area contributed by atoms with Crippen molar-refractivity contribution < 1.29 is 0 Å². The fraction of sp³-hybridized carbons (Fsp3) is 0.714. The maximum Gasteiger partial charge on any atom is 0.134 e. The smallest absolute Gasteiger partial charge is 0.134 e. The predicted octanol–water partition coefficient (Wildman–Crippen LogP) is 1.51. The Morgan fingerprint density at radius 3 is 2.74 bits per heavy atom. The number of hydrogen-bond donors (Lipinski definition) is 1. The van der Waals surface area contributed by atoms with E-state index in [2.05, 4.69) is 65.9 Å². The minimum Gasteiger partial charge on any atom is -0.357 e. The Balaban J connectivity index is 2.19. The number of piperazine rings is 1. The average molecular weight is 263 g/mol. The van der Waals surface area contributed by atoms with Crippen molar-refractivity contribution in [3.63, 3.8) is 0 Å². The Kier molecular flexibility index (Phi) is 3.94. The predicted molar refractivity (Wildman–Crippen MR) is 79.9 cm³/mol. The second-order valence-corrected chi connectivity index (χ2v) is 6.17. The number of nitrogens with one attached hydrogen (secondary N) is 1. The van der Waals surface area contributed by atoms with Crippen LogP contribution in [-0.2, 0) is 0 Å².